The summed E-state index contributed by atoms with van der Waals surface area (Å²) in [5, 5.41) is 2.88. The molecule has 2 heterocycles. The first kappa shape index (κ1) is 16.3. The van der Waals surface area contributed by atoms with Crippen LogP contribution in [-0.4, -0.2) is 36.9 Å². The van der Waals surface area contributed by atoms with Gasteiger partial charge in [0.2, 0.25) is 0 Å². The lowest BCUT2D eigenvalue weighted by Crippen LogP contribution is -2.46. The molecular weight excluding hydrogens is 318 g/mol. The molecule has 0 aliphatic carbocycles. The van der Waals surface area contributed by atoms with Gasteiger partial charge >= 0.3 is 0 Å². The molecule has 0 unspecified atom stereocenters. The largest absolute Gasteiger partial charge is 0.368 e. The molecule has 2 aromatic carbocycles. The predicted molar refractivity (Wildman–Crippen MR) is 91.7 cm³/mol. The molecule has 4 atom stereocenters. The minimum atomic E-state index is -0.608. The van der Waals surface area contributed by atoms with E-state index in [1.165, 1.54) is 0 Å². The summed E-state index contributed by atoms with van der Waals surface area (Å²) in [6.07, 6.45) is -1.46. The minimum Gasteiger partial charge on any atom is -0.368 e. The SMILES string of the molecule is O=C1NC[C@H]2O[C@@H]1[C@@H](OCc1ccccc1)[C@@H]2OCc1ccccc1. The van der Waals surface area contributed by atoms with Gasteiger partial charge in [-0.1, -0.05) is 60.7 Å². The number of benzene rings is 2. The zero-order valence-electron chi connectivity index (χ0n) is 13.8. The topological polar surface area (TPSA) is 56.8 Å². The third kappa shape index (κ3) is 3.58. The summed E-state index contributed by atoms with van der Waals surface area (Å²) in [6, 6.07) is 19.9. The molecule has 5 heteroatoms. The maximum Gasteiger partial charge on any atom is 0.252 e. The molecule has 2 fully saturated rings. The van der Waals surface area contributed by atoms with Crippen LogP contribution in [0.1, 0.15) is 11.1 Å². The van der Waals surface area contributed by atoms with E-state index in [-0.39, 0.29) is 18.1 Å². The van der Waals surface area contributed by atoms with Gasteiger partial charge in [0.1, 0.15) is 18.3 Å². The molecule has 2 aliphatic heterocycles. The molecule has 0 radical (unpaired) electrons. The number of morpholine rings is 1. The molecule has 2 aliphatic rings. The summed E-state index contributed by atoms with van der Waals surface area (Å²) < 4.78 is 18.0. The zero-order chi connectivity index (χ0) is 17.1. The molecule has 25 heavy (non-hydrogen) atoms. The first-order valence-electron chi connectivity index (χ1n) is 8.55. The van der Waals surface area contributed by atoms with Crippen LogP contribution in [-0.2, 0) is 32.2 Å². The van der Waals surface area contributed by atoms with E-state index in [9.17, 15) is 4.79 Å². The average molecular weight is 339 g/mol. The Morgan fingerprint density at radius 1 is 0.880 bits per heavy atom. The normalized spacial score (nSPS) is 27.9. The quantitative estimate of drug-likeness (QED) is 0.875. The van der Waals surface area contributed by atoms with E-state index in [2.05, 4.69) is 5.32 Å². The van der Waals surface area contributed by atoms with Gasteiger partial charge in [0.25, 0.3) is 5.91 Å². The summed E-state index contributed by atoms with van der Waals surface area (Å²) in [6.45, 7) is 1.36. The number of carbonyl (C=O) groups is 1. The number of hydrogen-bond acceptors (Lipinski definition) is 4. The summed E-state index contributed by atoms with van der Waals surface area (Å²) >= 11 is 0. The highest BCUT2D eigenvalue weighted by atomic mass is 16.6. The van der Waals surface area contributed by atoms with Crippen LogP contribution in [0.2, 0.25) is 0 Å². The monoisotopic (exact) mass is 339 g/mol. The Morgan fingerprint density at radius 2 is 1.44 bits per heavy atom. The van der Waals surface area contributed by atoms with Gasteiger partial charge < -0.3 is 19.5 Å². The van der Waals surface area contributed by atoms with Gasteiger partial charge in [-0.3, -0.25) is 4.79 Å². The van der Waals surface area contributed by atoms with Crippen LogP contribution in [0.3, 0.4) is 0 Å². The maximum atomic E-state index is 12.1. The Kier molecular flexibility index (Phi) is 4.78. The second-order valence-electron chi connectivity index (χ2n) is 6.36. The highest BCUT2D eigenvalue weighted by molar-refractivity contribution is 5.83. The minimum absolute atomic E-state index is 0.125. The smallest absolute Gasteiger partial charge is 0.252 e. The number of rotatable bonds is 6. The molecule has 1 amide bonds. The lowest BCUT2D eigenvalue weighted by atomic mass is 10.1. The highest BCUT2D eigenvalue weighted by Gasteiger charge is 2.52. The van der Waals surface area contributed by atoms with Crippen molar-refractivity contribution in [3.8, 4) is 0 Å². The molecule has 1 N–H and O–H groups in total. The second-order valence-corrected chi connectivity index (χ2v) is 6.36. The molecule has 2 saturated heterocycles. The summed E-state index contributed by atoms with van der Waals surface area (Å²) in [4.78, 5) is 12.1. The molecule has 130 valence electrons. The van der Waals surface area contributed by atoms with Crippen LogP contribution < -0.4 is 5.32 Å². The Bertz CT molecular complexity index is 706. The average Bonchev–Trinajstić information content (AvgIpc) is 2.96. The Balaban J connectivity index is 1.45. The molecule has 4 rings (SSSR count). The Hall–Kier alpha value is -2.21. The van der Waals surface area contributed by atoms with Gasteiger partial charge in [-0.25, -0.2) is 0 Å². The van der Waals surface area contributed by atoms with Gasteiger partial charge in [0, 0.05) is 6.54 Å². The first-order valence-corrected chi connectivity index (χ1v) is 8.55. The molecule has 5 nitrogen and oxygen atoms in total. The highest BCUT2D eigenvalue weighted by Crippen LogP contribution is 2.30. The number of carbonyl (C=O) groups excluding carboxylic acids is 1. The van der Waals surface area contributed by atoms with Crippen molar-refractivity contribution in [3.63, 3.8) is 0 Å². The third-order valence-electron chi connectivity index (χ3n) is 4.62. The van der Waals surface area contributed by atoms with E-state index in [1.54, 1.807) is 0 Å². The number of amides is 1. The van der Waals surface area contributed by atoms with Gasteiger partial charge in [0.05, 0.1) is 13.2 Å². The van der Waals surface area contributed by atoms with Gasteiger partial charge in [-0.2, -0.15) is 0 Å². The number of fused-ring (bicyclic) bond motifs is 2. The van der Waals surface area contributed by atoms with Crippen molar-refractivity contribution >= 4 is 5.91 Å². The van der Waals surface area contributed by atoms with Crippen molar-refractivity contribution in [2.75, 3.05) is 6.54 Å². The van der Waals surface area contributed by atoms with Crippen LogP contribution in [0.4, 0.5) is 0 Å². The van der Waals surface area contributed by atoms with E-state index < -0.39 is 12.2 Å². The van der Waals surface area contributed by atoms with Crippen LogP contribution in [0, 0.1) is 0 Å². The van der Waals surface area contributed by atoms with Crippen molar-refractivity contribution in [1.82, 2.24) is 5.32 Å². The standard InChI is InChI=1S/C20H21NO4/c22-20-19-18(24-13-15-9-5-2-6-10-15)17(16(25-19)11-21-20)23-12-14-7-3-1-4-8-14/h1-10,16-19H,11-13H2,(H,21,22)/t16-,17-,18+,19-/m1/s1. The Morgan fingerprint density at radius 3 is 2.04 bits per heavy atom. The van der Waals surface area contributed by atoms with Crippen LogP contribution >= 0.6 is 0 Å². The number of nitrogens with one attached hydrogen (secondary N) is 1. The predicted octanol–water partition coefficient (Wildman–Crippen LogP) is 2.05. The first-order chi connectivity index (χ1) is 12.3. The third-order valence-corrected chi connectivity index (χ3v) is 4.62. The van der Waals surface area contributed by atoms with Gasteiger partial charge in [0.15, 0.2) is 6.10 Å². The van der Waals surface area contributed by atoms with E-state index in [1.807, 2.05) is 60.7 Å². The molecule has 0 saturated carbocycles. The molecular formula is C20H21NO4. The van der Waals surface area contributed by atoms with Crippen molar-refractivity contribution in [2.45, 2.75) is 37.6 Å². The van der Waals surface area contributed by atoms with E-state index in [0.717, 1.165) is 11.1 Å². The zero-order valence-corrected chi connectivity index (χ0v) is 13.8. The van der Waals surface area contributed by atoms with E-state index in [0.29, 0.717) is 19.8 Å². The van der Waals surface area contributed by atoms with E-state index >= 15 is 0 Å². The van der Waals surface area contributed by atoms with Crippen LogP contribution in [0.15, 0.2) is 60.7 Å². The molecule has 2 aromatic rings. The van der Waals surface area contributed by atoms with E-state index in [4.69, 9.17) is 14.2 Å². The van der Waals surface area contributed by atoms with Crippen molar-refractivity contribution in [2.24, 2.45) is 0 Å². The maximum absolute atomic E-state index is 12.1. The number of hydrogen-bond donors (Lipinski definition) is 1. The lowest BCUT2D eigenvalue weighted by Gasteiger charge is -2.22. The van der Waals surface area contributed by atoms with Crippen LogP contribution in [0.5, 0.6) is 0 Å². The summed E-state index contributed by atoms with van der Waals surface area (Å²) in [5.41, 5.74) is 2.15. The molecule has 2 bridgehead atoms. The summed E-state index contributed by atoms with van der Waals surface area (Å²) in [5.74, 6) is -0.125. The fourth-order valence-electron chi connectivity index (χ4n) is 3.32. The van der Waals surface area contributed by atoms with Crippen molar-refractivity contribution in [3.05, 3.63) is 71.8 Å². The fourth-order valence-corrected chi connectivity index (χ4v) is 3.32. The molecule has 0 spiro atoms. The van der Waals surface area contributed by atoms with Crippen molar-refractivity contribution < 1.29 is 19.0 Å². The number of ether oxygens (including phenoxy) is 3. The lowest BCUT2D eigenvalue weighted by molar-refractivity contribution is -0.143. The van der Waals surface area contributed by atoms with Gasteiger partial charge in [-0.05, 0) is 11.1 Å². The van der Waals surface area contributed by atoms with Gasteiger partial charge in [-0.15, -0.1) is 0 Å². The Labute approximate surface area is 146 Å². The second kappa shape index (κ2) is 7.35. The summed E-state index contributed by atoms with van der Waals surface area (Å²) in [7, 11) is 0. The fraction of sp³-hybridized carbons (Fsp3) is 0.350. The molecule has 0 aromatic heterocycles. The van der Waals surface area contributed by atoms with Crippen molar-refractivity contribution in [1.29, 1.82) is 0 Å². The van der Waals surface area contributed by atoms with Crippen LogP contribution in [0.25, 0.3) is 0 Å².